The van der Waals surface area contributed by atoms with Gasteiger partial charge in [0.15, 0.2) is 0 Å². The number of benzene rings is 2. The van der Waals surface area contributed by atoms with Gasteiger partial charge in [0.05, 0.1) is 36.5 Å². The van der Waals surface area contributed by atoms with E-state index in [0.717, 1.165) is 33.2 Å². The Morgan fingerprint density at radius 1 is 1.17 bits per heavy atom. The molecule has 0 saturated heterocycles. The van der Waals surface area contributed by atoms with Crippen LogP contribution in [0.1, 0.15) is 0 Å². The van der Waals surface area contributed by atoms with E-state index in [4.69, 9.17) is 21.4 Å². The molecule has 2 aromatic carbocycles. The third-order valence-corrected chi connectivity index (χ3v) is 3.90. The maximum absolute atomic E-state index is 9.63. The van der Waals surface area contributed by atoms with E-state index in [9.17, 15) is 5.11 Å². The lowest BCUT2D eigenvalue weighted by Gasteiger charge is -2.16. The van der Waals surface area contributed by atoms with Crippen LogP contribution in [0.3, 0.4) is 0 Å². The fourth-order valence-electron chi connectivity index (χ4n) is 2.50. The van der Waals surface area contributed by atoms with E-state index in [-0.39, 0.29) is 13.2 Å². The third kappa shape index (κ3) is 3.17. The van der Waals surface area contributed by atoms with Gasteiger partial charge in [-0.3, -0.25) is 0 Å². The predicted octanol–water partition coefficient (Wildman–Crippen LogP) is 2.82. The molecule has 0 aliphatic rings. The van der Waals surface area contributed by atoms with Gasteiger partial charge in [0.25, 0.3) is 0 Å². The monoisotopic (exact) mass is 332 g/mol. The summed E-state index contributed by atoms with van der Waals surface area (Å²) in [5.41, 5.74) is 2.38. The normalized spacial score (nSPS) is 12.5. The van der Waals surface area contributed by atoms with Crippen LogP contribution < -0.4 is 10.1 Å². The van der Waals surface area contributed by atoms with Crippen molar-refractivity contribution in [3.05, 3.63) is 41.4 Å². The van der Waals surface area contributed by atoms with Crippen LogP contribution >= 0.6 is 11.6 Å². The van der Waals surface area contributed by atoms with Crippen LogP contribution in [0.15, 0.2) is 36.4 Å². The highest BCUT2D eigenvalue weighted by molar-refractivity contribution is 6.31. The summed E-state index contributed by atoms with van der Waals surface area (Å²) in [7, 11) is 1.61. The van der Waals surface area contributed by atoms with E-state index in [1.807, 2.05) is 24.3 Å². The van der Waals surface area contributed by atoms with Gasteiger partial charge in [-0.1, -0.05) is 11.6 Å². The number of nitrogens with one attached hydrogen (secondary N) is 1. The predicted molar refractivity (Wildman–Crippen MR) is 92.4 cm³/mol. The Kier molecular flexibility index (Phi) is 4.52. The van der Waals surface area contributed by atoms with Crippen LogP contribution in [-0.2, 0) is 0 Å². The number of nitrogens with zero attached hydrogens (tertiary/aromatic N) is 1. The Hall–Kier alpha value is -2.08. The van der Waals surface area contributed by atoms with Crippen molar-refractivity contribution in [2.75, 3.05) is 25.6 Å². The van der Waals surface area contributed by atoms with Crippen molar-refractivity contribution in [1.82, 2.24) is 4.98 Å². The Bertz CT molecular complexity index is 854. The fraction of sp³-hybridized carbons (Fsp3) is 0.235. The first-order chi connectivity index (χ1) is 11.1. The van der Waals surface area contributed by atoms with Crippen LogP contribution in [0.2, 0.25) is 5.02 Å². The molecule has 0 amide bonds. The number of hydrogen-bond acceptors (Lipinski definition) is 5. The third-order valence-electron chi connectivity index (χ3n) is 3.67. The molecule has 0 aliphatic carbocycles. The number of aliphatic hydroxyl groups excluding tert-OH is 2. The molecule has 5 nitrogen and oxygen atoms in total. The zero-order valence-electron chi connectivity index (χ0n) is 12.6. The van der Waals surface area contributed by atoms with E-state index in [2.05, 4.69) is 10.3 Å². The van der Waals surface area contributed by atoms with Crippen molar-refractivity contribution in [3.63, 3.8) is 0 Å². The number of aliphatic hydroxyl groups is 2. The summed E-state index contributed by atoms with van der Waals surface area (Å²) in [6, 6.07) is 11.1. The average molecular weight is 333 g/mol. The molecule has 0 saturated carbocycles. The number of methoxy groups -OCH3 is 1. The van der Waals surface area contributed by atoms with E-state index in [1.165, 1.54) is 0 Å². The van der Waals surface area contributed by atoms with Crippen LogP contribution in [0, 0.1) is 0 Å². The molecule has 1 atom stereocenters. The van der Waals surface area contributed by atoms with E-state index in [0.29, 0.717) is 5.02 Å². The van der Waals surface area contributed by atoms with Crippen molar-refractivity contribution >= 4 is 39.1 Å². The summed E-state index contributed by atoms with van der Waals surface area (Å²) in [4.78, 5) is 4.63. The molecule has 1 aromatic heterocycles. The Labute approximate surface area is 138 Å². The summed E-state index contributed by atoms with van der Waals surface area (Å²) in [5.74, 6) is 0.721. The number of fused-ring (bicyclic) bond motifs is 2. The zero-order chi connectivity index (χ0) is 16.4. The largest absolute Gasteiger partial charge is 0.497 e. The van der Waals surface area contributed by atoms with Crippen LogP contribution in [0.5, 0.6) is 5.75 Å². The van der Waals surface area contributed by atoms with Gasteiger partial charge >= 0.3 is 0 Å². The van der Waals surface area contributed by atoms with Gasteiger partial charge in [-0.25, -0.2) is 4.98 Å². The Balaban J connectivity index is 2.22. The molecular weight excluding hydrogens is 316 g/mol. The minimum Gasteiger partial charge on any atom is -0.497 e. The van der Waals surface area contributed by atoms with Gasteiger partial charge < -0.3 is 20.3 Å². The average Bonchev–Trinajstić information content (AvgIpc) is 2.57. The van der Waals surface area contributed by atoms with Gasteiger partial charge in [-0.15, -0.1) is 0 Å². The fourth-order valence-corrected chi connectivity index (χ4v) is 2.66. The summed E-state index contributed by atoms with van der Waals surface area (Å²) in [6.07, 6.45) is -0.842. The zero-order valence-corrected chi connectivity index (χ0v) is 13.3. The molecule has 3 rings (SSSR count). The second-order valence-electron chi connectivity index (χ2n) is 5.25. The molecule has 6 heteroatoms. The lowest BCUT2D eigenvalue weighted by atomic mass is 10.1. The maximum Gasteiger partial charge on any atom is 0.119 e. The topological polar surface area (TPSA) is 74.6 Å². The van der Waals surface area contributed by atoms with E-state index in [1.54, 1.807) is 19.2 Å². The highest BCUT2D eigenvalue weighted by atomic mass is 35.5. The first-order valence-electron chi connectivity index (χ1n) is 7.22. The molecule has 0 aliphatic heterocycles. The molecule has 0 fully saturated rings. The number of hydrogen-bond donors (Lipinski definition) is 3. The summed E-state index contributed by atoms with van der Waals surface area (Å²) in [6.45, 7) is -0.0757. The molecule has 0 radical (unpaired) electrons. The minimum atomic E-state index is -0.842. The number of pyridine rings is 1. The van der Waals surface area contributed by atoms with Gasteiger partial charge in [0, 0.05) is 22.3 Å². The quantitative estimate of drug-likeness (QED) is 0.626. The van der Waals surface area contributed by atoms with Crippen molar-refractivity contribution in [1.29, 1.82) is 0 Å². The number of rotatable bonds is 5. The highest BCUT2D eigenvalue weighted by Gasteiger charge is 2.12. The van der Waals surface area contributed by atoms with Gasteiger partial charge in [-0.2, -0.15) is 0 Å². The van der Waals surface area contributed by atoms with Crippen molar-refractivity contribution < 1.29 is 14.9 Å². The van der Waals surface area contributed by atoms with Crippen LogP contribution in [0.25, 0.3) is 21.8 Å². The van der Waals surface area contributed by atoms with E-state index < -0.39 is 6.10 Å². The lowest BCUT2D eigenvalue weighted by molar-refractivity contribution is 0.105. The second kappa shape index (κ2) is 6.58. The van der Waals surface area contributed by atoms with Gasteiger partial charge in [0.1, 0.15) is 5.75 Å². The number of anilines is 1. The second-order valence-corrected chi connectivity index (χ2v) is 5.69. The van der Waals surface area contributed by atoms with E-state index >= 15 is 0 Å². The lowest BCUT2D eigenvalue weighted by Crippen LogP contribution is -2.23. The molecule has 0 unspecified atom stereocenters. The standard InChI is InChI=1S/C17H17ClN2O3/c1-23-12-3-5-15-14(7-12)17(19-8-11(22)9-21)13-4-2-10(18)6-16(13)20-15/h2-7,11,21-22H,8-9H2,1H3,(H,19,20)/t11-/m0/s1. The van der Waals surface area contributed by atoms with Crippen LogP contribution in [-0.4, -0.2) is 41.6 Å². The summed E-state index contributed by atoms with van der Waals surface area (Å²) >= 11 is 6.07. The molecule has 0 bridgehead atoms. The Morgan fingerprint density at radius 3 is 2.74 bits per heavy atom. The molecule has 23 heavy (non-hydrogen) atoms. The smallest absolute Gasteiger partial charge is 0.119 e. The van der Waals surface area contributed by atoms with Crippen LogP contribution in [0.4, 0.5) is 5.69 Å². The maximum atomic E-state index is 9.63. The molecule has 3 N–H and O–H groups in total. The van der Waals surface area contributed by atoms with Crippen molar-refractivity contribution in [3.8, 4) is 5.75 Å². The number of ether oxygens (including phenoxy) is 1. The molecule has 120 valence electrons. The van der Waals surface area contributed by atoms with Gasteiger partial charge in [-0.05, 0) is 36.4 Å². The Morgan fingerprint density at radius 2 is 2.00 bits per heavy atom. The SMILES string of the molecule is COc1ccc2nc3cc(Cl)ccc3c(NC[C@H](O)CO)c2c1. The summed E-state index contributed by atoms with van der Waals surface area (Å²) < 4.78 is 5.29. The first-order valence-corrected chi connectivity index (χ1v) is 7.60. The number of halogens is 1. The minimum absolute atomic E-state index is 0.227. The first kappa shape index (κ1) is 15.8. The number of aromatic nitrogens is 1. The molecule has 1 heterocycles. The molecule has 3 aromatic rings. The molecule has 0 spiro atoms. The van der Waals surface area contributed by atoms with Gasteiger partial charge in [0.2, 0.25) is 0 Å². The van der Waals surface area contributed by atoms with Crippen molar-refractivity contribution in [2.24, 2.45) is 0 Å². The summed E-state index contributed by atoms with van der Waals surface area (Å²) in [5, 5.41) is 24.2. The van der Waals surface area contributed by atoms with Crippen molar-refractivity contribution in [2.45, 2.75) is 6.10 Å². The molecular formula is C17H17ClN2O3. The highest BCUT2D eigenvalue weighted by Crippen LogP contribution is 2.34.